The lowest BCUT2D eigenvalue weighted by atomic mass is 9.54. The van der Waals surface area contributed by atoms with Crippen LogP contribution >= 0.6 is 0 Å². The van der Waals surface area contributed by atoms with Crippen LogP contribution in [-0.4, -0.2) is 45.0 Å². The fraction of sp³-hybridized carbons (Fsp3) is 0.476. The number of carboxylic acids is 1. The van der Waals surface area contributed by atoms with Crippen molar-refractivity contribution in [1.29, 1.82) is 0 Å². The smallest absolute Gasteiger partial charge is 0.330 e. The zero-order valence-corrected chi connectivity index (χ0v) is 16.7. The maximum absolute atomic E-state index is 12.9. The number of hydrogen-bond donors (Lipinski definition) is 2. The summed E-state index contributed by atoms with van der Waals surface area (Å²) < 4.78 is 7.39. The van der Waals surface area contributed by atoms with Crippen LogP contribution in [0.15, 0.2) is 36.5 Å². The molecular formula is C21H27N3O4. The maximum atomic E-state index is 12.9. The Balaban J connectivity index is 1.80. The second-order valence-electron chi connectivity index (χ2n) is 7.82. The first-order valence-corrected chi connectivity index (χ1v) is 9.46. The Kier molecular flexibility index (Phi) is 5.30. The molecule has 2 N–H and O–H groups in total. The molecule has 1 saturated carbocycles. The number of carboxylic acid groups (broad SMARTS) is 1. The molecule has 150 valence electrons. The van der Waals surface area contributed by atoms with Crippen molar-refractivity contribution in [2.45, 2.75) is 52.3 Å². The Labute approximate surface area is 164 Å². The summed E-state index contributed by atoms with van der Waals surface area (Å²) in [5, 5.41) is 17.0. The van der Waals surface area contributed by atoms with Crippen LogP contribution in [0.3, 0.4) is 0 Å². The molecule has 7 nitrogen and oxygen atoms in total. The highest BCUT2D eigenvalue weighted by Gasteiger charge is 2.66. The van der Waals surface area contributed by atoms with E-state index in [-0.39, 0.29) is 12.5 Å². The molecule has 1 aromatic carbocycles. The average Bonchev–Trinajstić information content (AvgIpc) is 3.01. The molecule has 2 unspecified atom stereocenters. The molecule has 1 amide bonds. The van der Waals surface area contributed by atoms with Gasteiger partial charge in [-0.1, -0.05) is 44.2 Å². The lowest BCUT2D eigenvalue weighted by molar-refractivity contribution is -0.190. The van der Waals surface area contributed by atoms with Gasteiger partial charge in [-0.05, 0) is 19.4 Å². The number of carbonyl (C=O) groups is 2. The highest BCUT2D eigenvalue weighted by Crippen LogP contribution is 2.51. The fourth-order valence-electron chi connectivity index (χ4n) is 3.88. The van der Waals surface area contributed by atoms with Gasteiger partial charge < -0.3 is 15.2 Å². The molecule has 1 heterocycles. The molecule has 0 aliphatic heterocycles. The number of aromatic nitrogens is 2. The Morgan fingerprint density at radius 2 is 2.00 bits per heavy atom. The number of nitrogens with one attached hydrogen (secondary N) is 1. The molecule has 0 radical (unpaired) electrons. The highest BCUT2D eigenvalue weighted by atomic mass is 16.5. The van der Waals surface area contributed by atoms with Crippen LogP contribution in [0.2, 0.25) is 0 Å². The highest BCUT2D eigenvalue weighted by molar-refractivity contribution is 5.99. The number of nitrogens with zero attached hydrogens (tertiary/aromatic N) is 2. The molecule has 2 aromatic rings. The van der Waals surface area contributed by atoms with Crippen molar-refractivity contribution in [3.05, 3.63) is 53.3 Å². The third-order valence-corrected chi connectivity index (χ3v) is 5.98. The summed E-state index contributed by atoms with van der Waals surface area (Å²) in [7, 11) is 0. The van der Waals surface area contributed by atoms with Crippen molar-refractivity contribution in [2.24, 2.45) is 5.41 Å². The van der Waals surface area contributed by atoms with Crippen molar-refractivity contribution in [3.63, 3.8) is 0 Å². The molecule has 28 heavy (non-hydrogen) atoms. The summed E-state index contributed by atoms with van der Waals surface area (Å²) in [4.78, 5) is 25.0. The van der Waals surface area contributed by atoms with Gasteiger partial charge >= 0.3 is 5.97 Å². The molecular weight excluding hydrogens is 358 g/mol. The molecule has 2 atom stereocenters. The number of ether oxygens (including phenoxy) is 1. The molecule has 1 aliphatic rings. The minimum atomic E-state index is -1.36. The molecule has 7 heteroatoms. The minimum absolute atomic E-state index is 0.212. The zero-order valence-electron chi connectivity index (χ0n) is 16.7. The van der Waals surface area contributed by atoms with E-state index in [1.165, 1.54) is 6.20 Å². The Hall–Kier alpha value is -2.67. The van der Waals surface area contributed by atoms with Crippen molar-refractivity contribution < 1.29 is 19.4 Å². The zero-order chi connectivity index (χ0) is 20.5. The Morgan fingerprint density at radius 3 is 2.57 bits per heavy atom. The van der Waals surface area contributed by atoms with Crippen LogP contribution in [0.25, 0.3) is 0 Å². The standard InChI is InChI=1S/C21H27N3O4/c1-5-28-17-11-21(19(26)27,20(17,3)4)23-18(25)16-12-22-24(14(16)2)13-15-9-7-6-8-10-15/h6-10,12,17H,5,11,13H2,1-4H3,(H,23,25)(H,26,27). The quantitative estimate of drug-likeness (QED) is 0.764. The summed E-state index contributed by atoms with van der Waals surface area (Å²) in [5.41, 5.74) is 0.0611. The molecule has 1 fully saturated rings. The van der Waals surface area contributed by atoms with Crippen LogP contribution < -0.4 is 5.32 Å². The van der Waals surface area contributed by atoms with E-state index >= 15 is 0 Å². The number of benzene rings is 1. The Bertz CT molecular complexity index is 875. The van der Waals surface area contributed by atoms with Gasteiger partial charge in [0.25, 0.3) is 5.91 Å². The van der Waals surface area contributed by atoms with E-state index in [2.05, 4.69) is 10.4 Å². The topological polar surface area (TPSA) is 93.5 Å². The van der Waals surface area contributed by atoms with Gasteiger partial charge in [0, 0.05) is 24.1 Å². The van der Waals surface area contributed by atoms with Gasteiger partial charge in [0.05, 0.1) is 24.4 Å². The van der Waals surface area contributed by atoms with E-state index in [0.717, 1.165) is 5.56 Å². The number of carbonyl (C=O) groups excluding carboxylic acids is 1. The largest absolute Gasteiger partial charge is 0.479 e. The fourth-order valence-corrected chi connectivity index (χ4v) is 3.88. The van der Waals surface area contributed by atoms with E-state index in [4.69, 9.17) is 4.74 Å². The van der Waals surface area contributed by atoms with Crippen LogP contribution in [0, 0.1) is 12.3 Å². The molecule has 3 rings (SSSR count). The molecule has 0 saturated heterocycles. The van der Waals surface area contributed by atoms with E-state index in [0.29, 0.717) is 24.4 Å². The van der Waals surface area contributed by atoms with Crippen LogP contribution in [0.1, 0.15) is 48.8 Å². The summed E-state index contributed by atoms with van der Waals surface area (Å²) in [6.45, 7) is 8.37. The van der Waals surface area contributed by atoms with Gasteiger partial charge in [0.15, 0.2) is 0 Å². The van der Waals surface area contributed by atoms with Gasteiger partial charge in [0.2, 0.25) is 0 Å². The van der Waals surface area contributed by atoms with Crippen LogP contribution in [0.4, 0.5) is 0 Å². The van der Waals surface area contributed by atoms with Gasteiger partial charge in [-0.15, -0.1) is 0 Å². The number of amides is 1. The van der Waals surface area contributed by atoms with Crippen LogP contribution in [-0.2, 0) is 16.1 Å². The van der Waals surface area contributed by atoms with E-state index in [9.17, 15) is 14.7 Å². The minimum Gasteiger partial charge on any atom is -0.479 e. The summed E-state index contributed by atoms with van der Waals surface area (Å²) in [5.74, 6) is -1.47. The average molecular weight is 385 g/mol. The van der Waals surface area contributed by atoms with Gasteiger partial charge in [0.1, 0.15) is 5.54 Å². The second kappa shape index (κ2) is 7.39. The van der Waals surface area contributed by atoms with Gasteiger partial charge in [-0.3, -0.25) is 9.48 Å². The lowest BCUT2D eigenvalue weighted by Gasteiger charge is -2.58. The number of aliphatic carboxylic acids is 1. The maximum Gasteiger partial charge on any atom is 0.330 e. The van der Waals surface area contributed by atoms with Crippen LogP contribution in [0.5, 0.6) is 0 Å². The van der Waals surface area contributed by atoms with Gasteiger partial charge in [-0.25, -0.2) is 4.79 Å². The normalized spacial score (nSPS) is 23.1. The SMILES string of the molecule is CCOC1CC(NC(=O)c2cnn(Cc3ccccc3)c2C)(C(=O)O)C1(C)C. The molecule has 0 bridgehead atoms. The van der Waals surface area contributed by atoms with Gasteiger partial charge in [-0.2, -0.15) is 5.10 Å². The third-order valence-electron chi connectivity index (χ3n) is 5.98. The van der Waals surface area contributed by atoms with E-state index in [1.54, 1.807) is 4.68 Å². The first-order valence-electron chi connectivity index (χ1n) is 9.46. The summed E-state index contributed by atoms with van der Waals surface area (Å²) in [6.07, 6.45) is 1.52. The third kappa shape index (κ3) is 3.20. The van der Waals surface area contributed by atoms with Crippen molar-refractivity contribution in [3.8, 4) is 0 Å². The molecule has 1 aromatic heterocycles. The van der Waals surface area contributed by atoms with Crippen molar-refractivity contribution >= 4 is 11.9 Å². The monoisotopic (exact) mass is 385 g/mol. The van der Waals surface area contributed by atoms with Crippen molar-refractivity contribution in [2.75, 3.05) is 6.61 Å². The van der Waals surface area contributed by atoms with Crippen molar-refractivity contribution in [1.82, 2.24) is 15.1 Å². The number of hydrogen-bond acceptors (Lipinski definition) is 4. The second-order valence-corrected chi connectivity index (χ2v) is 7.82. The molecule has 1 aliphatic carbocycles. The number of rotatable bonds is 7. The summed E-state index contributed by atoms with van der Waals surface area (Å²) in [6, 6.07) is 9.83. The first kappa shape index (κ1) is 20.1. The Morgan fingerprint density at radius 1 is 1.32 bits per heavy atom. The molecule has 0 spiro atoms. The van der Waals surface area contributed by atoms with E-state index < -0.39 is 22.8 Å². The predicted octanol–water partition coefficient (Wildman–Crippen LogP) is 2.63. The first-order chi connectivity index (χ1) is 13.2. The lowest BCUT2D eigenvalue weighted by Crippen LogP contribution is -2.76. The van der Waals surface area contributed by atoms with E-state index in [1.807, 2.05) is 58.0 Å². The predicted molar refractivity (Wildman–Crippen MR) is 104 cm³/mol. The summed E-state index contributed by atoms with van der Waals surface area (Å²) >= 11 is 0.